The van der Waals surface area contributed by atoms with E-state index in [4.69, 9.17) is 9.56 Å². The number of fused-ring (bicyclic) bond motifs is 1. The summed E-state index contributed by atoms with van der Waals surface area (Å²) in [6.45, 7) is 5.31. The van der Waals surface area contributed by atoms with E-state index in [0.29, 0.717) is 11.6 Å². The zero-order valence-corrected chi connectivity index (χ0v) is 18.7. The number of para-hydroxylation sites is 1. The third kappa shape index (κ3) is 4.47. The lowest BCUT2D eigenvalue weighted by molar-refractivity contribution is 0.335. The van der Waals surface area contributed by atoms with Crippen molar-refractivity contribution in [1.82, 2.24) is 4.90 Å². The van der Waals surface area contributed by atoms with Crippen LogP contribution in [-0.2, 0) is 20.0 Å². The molecule has 31 heavy (non-hydrogen) atoms. The highest BCUT2D eigenvalue weighted by Gasteiger charge is 2.32. The fourth-order valence-electron chi connectivity index (χ4n) is 4.09. The molecule has 1 fully saturated rings. The summed E-state index contributed by atoms with van der Waals surface area (Å²) in [4.78, 5) is 1.88. The zero-order chi connectivity index (χ0) is 22.2. The van der Waals surface area contributed by atoms with Crippen molar-refractivity contribution in [3.05, 3.63) is 54.1 Å². The first-order valence-electron chi connectivity index (χ1n) is 10.1. The topological polar surface area (TPSA) is 123 Å². The van der Waals surface area contributed by atoms with Gasteiger partial charge in [0.2, 0.25) is 10.0 Å². The van der Waals surface area contributed by atoms with Crippen molar-refractivity contribution >= 4 is 36.7 Å². The van der Waals surface area contributed by atoms with Gasteiger partial charge in [-0.05, 0) is 61.7 Å². The lowest BCUT2D eigenvalue weighted by Gasteiger charge is -2.15. The van der Waals surface area contributed by atoms with Crippen LogP contribution in [0.1, 0.15) is 31.2 Å². The molecule has 0 aliphatic carbocycles. The maximum Gasteiger partial charge on any atom is 0.296 e. The first-order valence-corrected chi connectivity index (χ1v) is 13.1. The number of hydrogen-bond acceptors (Lipinski definition) is 6. The number of anilines is 1. The van der Waals surface area contributed by atoms with Gasteiger partial charge in [-0.1, -0.05) is 31.2 Å². The first-order chi connectivity index (χ1) is 14.7. The zero-order valence-electron chi connectivity index (χ0n) is 17.1. The lowest BCUT2D eigenvalue weighted by atomic mass is 9.98. The smallest absolute Gasteiger partial charge is 0.296 e. The summed E-state index contributed by atoms with van der Waals surface area (Å²) >= 11 is 0. The van der Waals surface area contributed by atoms with E-state index < -0.39 is 30.0 Å². The second kappa shape index (κ2) is 8.27. The average Bonchev–Trinajstić information content (AvgIpc) is 3.33. The van der Waals surface area contributed by atoms with E-state index in [1.54, 1.807) is 24.3 Å². The summed E-state index contributed by atoms with van der Waals surface area (Å²) in [5.74, 6) is 0.418. The Morgan fingerprint density at radius 1 is 1.10 bits per heavy atom. The van der Waals surface area contributed by atoms with Crippen LogP contribution in [0.3, 0.4) is 0 Å². The van der Waals surface area contributed by atoms with Crippen LogP contribution in [0.25, 0.3) is 11.0 Å². The molecule has 3 aromatic rings. The monoisotopic (exact) mass is 463 g/mol. The molecule has 1 atom stereocenters. The van der Waals surface area contributed by atoms with Crippen LogP contribution in [0.2, 0.25) is 0 Å². The number of nitrogens with two attached hydrogens (primary N) is 1. The number of nitrogens with one attached hydrogen (secondary N) is 1. The van der Waals surface area contributed by atoms with Gasteiger partial charge in [-0.3, -0.25) is 4.72 Å². The molecule has 4 rings (SSSR count). The molecule has 0 spiro atoms. The Balaban J connectivity index is 1.60. The molecule has 3 N–H and O–H groups in total. The number of nitrogens with zero attached hydrogens (tertiary/aromatic N) is 1. The van der Waals surface area contributed by atoms with Crippen LogP contribution >= 0.6 is 0 Å². The second-order valence-corrected chi connectivity index (χ2v) is 10.9. The molecule has 1 saturated heterocycles. The van der Waals surface area contributed by atoms with Crippen molar-refractivity contribution in [1.29, 1.82) is 0 Å². The molecular formula is C21H25N3O5S2. The maximum atomic E-state index is 13.0. The number of rotatable bonds is 7. The van der Waals surface area contributed by atoms with E-state index in [0.717, 1.165) is 38.0 Å². The summed E-state index contributed by atoms with van der Waals surface area (Å²) in [5, 5.41) is 4.70. The van der Waals surface area contributed by atoms with Crippen LogP contribution in [0.5, 0.6) is 0 Å². The Bertz CT molecular complexity index is 1300. The molecular weight excluding hydrogens is 438 g/mol. The first kappa shape index (κ1) is 21.8. The van der Waals surface area contributed by atoms with Gasteiger partial charge in [0.15, 0.2) is 0 Å². The van der Waals surface area contributed by atoms with Gasteiger partial charge in [0.1, 0.15) is 10.5 Å². The van der Waals surface area contributed by atoms with Crippen LogP contribution in [0.15, 0.2) is 62.9 Å². The van der Waals surface area contributed by atoms with Gasteiger partial charge in [-0.15, -0.1) is 0 Å². The Kier molecular flexibility index (Phi) is 5.82. The summed E-state index contributed by atoms with van der Waals surface area (Å²) in [7, 11) is -8.66. The molecule has 0 radical (unpaired) electrons. The standard InChI is InChI=1S/C21H25N3O5S2/c1-2-12-24-13-11-16(14-24)15-7-9-17(10-8-15)23-31(27,28)21-20(30(22,25)26)18-5-3-4-6-19(18)29-21/h3-10,16,23H,2,11-14H2,1H3,(H2,22,25,26)/t16-/m1/s1. The fraction of sp³-hybridized carbons (Fsp3) is 0.333. The Morgan fingerprint density at radius 3 is 2.48 bits per heavy atom. The number of benzene rings is 2. The summed E-state index contributed by atoms with van der Waals surface area (Å²) < 4.78 is 57.9. The average molecular weight is 464 g/mol. The number of likely N-dealkylation sites (tertiary alicyclic amines) is 1. The van der Waals surface area contributed by atoms with Crippen molar-refractivity contribution in [2.75, 3.05) is 24.4 Å². The molecule has 0 amide bonds. The van der Waals surface area contributed by atoms with Gasteiger partial charge < -0.3 is 9.32 Å². The van der Waals surface area contributed by atoms with Gasteiger partial charge in [0, 0.05) is 17.6 Å². The molecule has 8 nitrogen and oxygen atoms in total. The SMILES string of the molecule is CCCN1CC[C@@H](c2ccc(NS(=O)(=O)c3oc4ccccc4c3S(N)(=O)=O)cc2)C1. The minimum absolute atomic E-state index is 0.124. The third-order valence-corrected chi connectivity index (χ3v) is 7.88. The van der Waals surface area contributed by atoms with E-state index in [1.165, 1.54) is 12.1 Å². The largest absolute Gasteiger partial charge is 0.442 e. The molecule has 1 aromatic heterocycles. The predicted molar refractivity (Wildman–Crippen MR) is 119 cm³/mol. The Hall–Kier alpha value is -2.40. The molecule has 10 heteroatoms. The number of primary sulfonamides is 1. The molecule has 1 aliphatic heterocycles. The van der Waals surface area contributed by atoms with Crippen molar-refractivity contribution < 1.29 is 21.3 Å². The van der Waals surface area contributed by atoms with Crippen molar-refractivity contribution in [2.45, 2.75) is 35.7 Å². The van der Waals surface area contributed by atoms with E-state index in [1.807, 2.05) is 12.1 Å². The maximum absolute atomic E-state index is 13.0. The molecule has 0 saturated carbocycles. The lowest BCUT2D eigenvalue weighted by Crippen LogP contribution is -2.21. The highest BCUT2D eigenvalue weighted by atomic mass is 32.2. The van der Waals surface area contributed by atoms with Crippen LogP contribution in [0.4, 0.5) is 5.69 Å². The fourth-order valence-corrected chi connectivity index (χ4v) is 6.61. The van der Waals surface area contributed by atoms with E-state index in [2.05, 4.69) is 16.5 Å². The Morgan fingerprint density at radius 2 is 1.81 bits per heavy atom. The normalized spacial score (nSPS) is 17.9. The molecule has 0 bridgehead atoms. The molecule has 0 unspecified atom stereocenters. The van der Waals surface area contributed by atoms with Gasteiger partial charge in [0.05, 0.1) is 0 Å². The quantitative estimate of drug-likeness (QED) is 0.555. The Labute approximate surface area is 182 Å². The molecule has 1 aliphatic rings. The number of sulfonamides is 2. The third-order valence-electron chi connectivity index (χ3n) is 5.49. The minimum atomic E-state index is -4.34. The van der Waals surface area contributed by atoms with Gasteiger partial charge >= 0.3 is 0 Å². The van der Waals surface area contributed by atoms with Crippen LogP contribution in [-0.4, -0.2) is 41.4 Å². The van der Waals surface area contributed by atoms with Crippen LogP contribution in [0, 0.1) is 0 Å². The van der Waals surface area contributed by atoms with Gasteiger partial charge in [-0.2, -0.15) is 8.42 Å². The highest BCUT2D eigenvalue weighted by molar-refractivity contribution is 7.94. The number of furan rings is 1. The summed E-state index contributed by atoms with van der Waals surface area (Å²) in [5.41, 5.74) is 1.59. The van der Waals surface area contributed by atoms with Gasteiger partial charge in [0.25, 0.3) is 15.1 Å². The minimum Gasteiger partial charge on any atom is -0.442 e. The summed E-state index contributed by atoms with van der Waals surface area (Å²) in [6.07, 6.45) is 2.19. The van der Waals surface area contributed by atoms with Crippen molar-refractivity contribution in [3.8, 4) is 0 Å². The highest BCUT2D eigenvalue weighted by Crippen LogP contribution is 2.34. The van der Waals surface area contributed by atoms with Gasteiger partial charge in [-0.25, -0.2) is 13.6 Å². The molecule has 166 valence electrons. The second-order valence-electron chi connectivity index (χ2n) is 7.77. The molecule has 2 aromatic carbocycles. The summed E-state index contributed by atoms with van der Waals surface area (Å²) in [6, 6.07) is 13.3. The van der Waals surface area contributed by atoms with Crippen molar-refractivity contribution in [2.24, 2.45) is 5.14 Å². The van der Waals surface area contributed by atoms with E-state index in [-0.39, 0.29) is 11.0 Å². The van der Waals surface area contributed by atoms with Crippen molar-refractivity contribution in [3.63, 3.8) is 0 Å². The number of hydrogen-bond donors (Lipinski definition) is 2. The van der Waals surface area contributed by atoms with E-state index in [9.17, 15) is 16.8 Å². The predicted octanol–water partition coefficient (Wildman–Crippen LogP) is 3.08. The van der Waals surface area contributed by atoms with E-state index >= 15 is 0 Å². The molecule has 2 heterocycles. The van der Waals surface area contributed by atoms with Crippen LogP contribution < -0.4 is 9.86 Å².